The summed E-state index contributed by atoms with van der Waals surface area (Å²) in [6.07, 6.45) is 1.50. The standard InChI is InChI=1S/C20H23N3O5S/c1-12-19(29-13(2)21-12)17(24)15-16(14-4-3-9-28-14)23(20(26)18(15)25)6-5-22-7-10-27-11-8-22/h3-4,9,16,25H,5-8,10-11H2,1-2H3/t16-/m1/s1. The zero-order valence-electron chi connectivity index (χ0n) is 16.4. The third-order valence-electron chi connectivity index (χ3n) is 5.23. The maximum atomic E-state index is 13.3. The van der Waals surface area contributed by atoms with Crippen LogP contribution in [0.4, 0.5) is 0 Å². The average Bonchev–Trinajstić information content (AvgIpc) is 3.41. The number of aliphatic hydroxyl groups excluding tert-OH is 1. The molecule has 0 radical (unpaired) electrons. The van der Waals surface area contributed by atoms with Crippen LogP contribution in [-0.2, 0) is 9.53 Å². The summed E-state index contributed by atoms with van der Waals surface area (Å²) in [4.78, 5) is 34.6. The highest BCUT2D eigenvalue weighted by Crippen LogP contribution is 2.40. The first-order valence-electron chi connectivity index (χ1n) is 9.53. The predicted octanol–water partition coefficient (Wildman–Crippen LogP) is 2.26. The minimum absolute atomic E-state index is 0.0543. The zero-order chi connectivity index (χ0) is 20.5. The van der Waals surface area contributed by atoms with E-state index in [2.05, 4.69) is 9.88 Å². The Morgan fingerprint density at radius 2 is 2.07 bits per heavy atom. The molecule has 0 spiro atoms. The molecule has 2 aromatic heterocycles. The van der Waals surface area contributed by atoms with Crippen molar-refractivity contribution in [2.45, 2.75) is 19.9 Å². The maximum absolute atomic E-state index is 13.3. The van der Waals surface area contributed by atoms with Crippen LogP contribution in [0.15, 0.2) is 34.1 Å². The quantitative estimate of drug-likeness (QED) is 0.720. The Morgan fingerprint density at radius 3 is 2.69 bits per heavy atom. The minimum atomic E-state index is -0.757. The molecule has 1 saturated heterocycles. The van der Waals surface area contributed by atoms with Crippen LogP contribution in [0.3, 0.4) is 0 Å². The van der Waals surface area contributed by atoms with E-state index in [0.29, 0.717) is 42.6 Å². The number of rotatable bonds is 6. The summed E-state index contributed by atoms with van der Waals surface area (Å²) in [5.74, 6) is -0.994. The number of ketones is 1. The number of aromatic nitrogens is 1. The monoisotopic (exact) mass is 417 g/mol. The maximum Gasteiger partial charge on any atom is 0.290 e. The molecule has 29 heavy (non-hydrogen) atoms. The van der Waals surface area contributed by atoms with Crippen molar-refractivity contribution in [1.82, 2.24) is 14.8 Å². The molecule has 1 amide bonds. The van der Waals surface area contributed by atoms with Gasteiger partial charge in [0.15, 0.2) is 5.76 Å². The lowest BCUT2D eigenvalue weighted by atomic mass is 9.99. The molecule has 1 fully saturated rings. The van der Waals surface area contributed by atoms with Crippen molar-refractivity contribution in [2.24, 2.45) is 0 Å². The number of morpholine rings is 1. The fraction of sp³-hybridized carbons (Fsp3) is 0.450. The van der Waals surface area contributed by atoms with Gasteiger partial charge in [-0.1, -0.05) is 0 Å². The fourth-order valence-electron chi connectivity index (χ4n) is 3.80. The van der Waals surface area contributed by atoms with E-state index in [0.717, 1.165) is 18.1 Å². The number of hydrogen-bond acceptors (Lipinski definition) is 8. The van der Waals surface area contributed by atoms with Crippen LogP contribution in [0.25, 0.3) is 0 Å². The summed E-state index contributed by atoms with van der Waals surface area (Å²) >= 11 is 1.26. The molecule has 0 saturated carbocycles. The number of thiazole rings is 1. The summed E-state index contributed by atoms with van der Waals surface area (Å²) in [6, 6.07) is 2.67. The average molecular weight is 417 g/mol. The highest BCUT2D eigenvalue weighted by atomic mass is 32.1. The second kappa shape index (κ2) is 8.10. The number of furan rings is 1. The van der Waals surface area contributed by atoms with Gasteiger partial charge in [-0.15, -0.1) is 11.3 Å². The molecular weight excluding hydrogens is 394 g/mol. The number of hydrogen-bond donors (Lipinski definition) is 1. The third kappa shape index (κ3) is 3.73. The molecule has 0 unspecified atom stereocenters. The lowest BCUT2D eigenvalue weighted by Crippen LogP contribution is -2.43. The Kier molecular flexibility index (Phi) is 5.53. The van der Waals surface area contributed by atoms with Crippen molar-refractivity contribution >= 4 is 23.0 Å². The van der Waals surface area contributed by atoms with Crippen LogP contribution < -0.4 is 0 Å². The van der Waals surface area contributed by atoms with Gasteiger partial charge in [-0.25, -0.2) is 4.98 Å². The van der Waals surface area contributed by atoms with Crippen LogP contribution in [-0.4, -0.2) is 71.0 Å². The Hall–Kier alpha value is -2.49. The number of carbonyl (C=O) groups excluding carboxylic acids is 2. The summed E-state index contributed by atoms with van der Waals surface area (Å²) in [5, 5.41) is 11.4. The van der Waals surface area contributed by atoms with E-state index in [1.54, 1.807) is 19.1 Å². The van der Waals surface area contributed by atoms with E-state index in [1.807, 2.05) is 6.92 Å². The SMILES string of the molecule is Cc1nc(C)c(C(=O)C2=C(O)C(=O)N(CCN3CCOCC3)[C@@H]2c2ccco2)s1. The summed E-state index contributed by atoms with van der Waals surface area (Å²) in [5.41, 5.74) is 0.647. The first-order valence-corrected chi connectivity index (χ1v) is 10.4. The molecule has 9 heteroatoms. The fourth-order valence-corrected chi connectivity index (χ4v) is 4.67. The first-order chi connectivity index (χ1) is 14.0. The predicted molar refractivity (Wildman–Crippen MR) is 106 cm³/mol. The molecule has 2 aliphatic heterocycles. The normalized spacial score (nSPS) is 20.7. The summed E-state index contributed by atoms with van der Waals surface area (Å²) in [6.45, 7) is 7.46. The van der Waals surface area contributed by atoms with Crippen molar-refractivity contribution in [3.63, 3.8) is 0 Å². The van der Waals surface area contributed by atoms with Crippen molar-refractivity contribution in [2.75, 3.05) is 39.4 Å². The van der Waals surface area contributed by atoms with E-state index < -0.39 is 17.7 Å². The molecule has 0 aromatic carbocycles. The van der Waals surface area contributed by atoms with E-state index >= 15 is 0 Å². The van der Waals surface area contributed by atoms with Gasteiger partial charge in [0.05, 0.1) is 40.6 Å². The van der Waals surface area contributed by atoms with Crippen molar-refractivity contribution in [3.05, 3.63) is 51.1 Å². The minimum Gasteiger partial charge on any atom is -0.503 e. The second-order valence-corrected chi connectivity index (χ2v) is 8.31. The van der Waals surface area contributed by atoms with E-state index in [4.69, 9.17) is 9.15 Å². The van der Waals surface area contributed by atoms with Crippen molar-refractivity contribution in [1.29, 1.82) is 0 Å². The van der Waals surface area contributed by atoms with Crippen molar-refractivity contribution < 1.29 is 23.8 Å². The van der Waals surface area contributed by atoms with Gasteiger partial charge < -0.3 is 19.2 Å². The van der Waals surface area contributed by atoms with Crippen LogP contribution >= 0.6 is 11.3 Å². The van der Waals surface area contributed by atoms with Gasteiger partial charge in [-0.3, -0.25) is 14.5 Å². The largest absolute Gasteiger partial charge is 0.503 e. The lowest BCUT2D eigenvalue weighted by Gasteiger charge is -2.30. The summed E-state index contributed by atoms with van der Waals surface area (Å²) in [7, 11) is 0. The Bertz CT molecular complexity index is 943. The Balaban J connectivity index is 1.65. The Labute approximate surface area is 172 Å². The molecule has 4 heterocycles. The molecule has 1 atom stereocenters. The first kappa shape index (κ1) is 19.8. The van der Waals surface area contributed by atoms with Crippen LogP contribution in [0, 0.1) is 13.8 Å². The van der Waals surface area contributed by atoms with Gasteiger partial charge in [0.2, 0.25) is 5.78 Å². The lowest BCUT2D eigenvalue weighted by molar-refractivity contribution is -0.130. The van der Waals surface area contributed by atoms with Gasteiger partial charge in [-0.05, 0) is 26.0 Å². The topological polar surface area (TPSA) is 96.1 Å². The van der Waals surface area contributed by atoms with Crippen LogP contribution in [0.2, 0.25) is 0 Å². The van der Waals surface area contributed by atoms with Gasteiger partial charge in [0.1, 0.15) is 11.8 Å². The second-order valence-electron chi connectivity index (χ2n) is 7.11. The third-order valence-corrected chi connectivity index (χ3v) is 6.30. The van der Waals surface area contributed by atoms with Gasteiger partial charge in [0.25, 0.3) is 5.91 Å². The molecule has 1 N–H and O–H groups in total. The van der Waals surface area contributed by atoms with Gasteiger partial charge in [0, 0.05) is 26.2 Å². The molecular formula is C20H23N3O5S. The molecule has 2 aliphatic rings. The number of carbonyl (C=O) groups is 2. The molecule has 2 aromatic rings. The number of nitrogens with zero attached hydrogens (tertiary/aromatic N) is 3. The molecule has 0 aliphatic carbocycles. The van der Waals surface area contributed by atoms with E-state index in [1.165, 1.54) is 22.5 Å². The number of ether oxygens (including phenoxy) is 1. The molecule has 4 rings (SSSR count). The smallest absolute Gasteiger partial charge is 0.290 e. The summed E-state index contributed by atoms with van der Waals surface area (Å²) < 4.78 is 10.9. The van der Waals surface area contributed by atoms with Crippen LogP contribution in [0.1, 0.15) is 32.2 Å². The highest BCUT2D eigenvalue weighted by Gasteiger charge is 2.45. The number of aliphatic hydroxyl groups is 1. The number of amides is 1. The molecule has 0 bridgehead atoms. The van der Waals surface area contributed by atoms with E-state index in [9.17, 15) is 14.7 Å². The number of Topliss-reactive ketones (excluding diaryl/α,β-unsaturated/α-hetero) is 1. The van der Waals surface area contributed by atoms with E-state index in [-0.39, 0.29) is 11.4 Å². The number of aryl methyl sites for hydroxylation is 2. The molecule has 154 valence electrons. The van der Waals surface area contributed by atoms with Crippen molar-refractivity contribution in [3.8, 4) is 0 Å². The van der Waals surface area contributed by atoms with Crippen LogP contribution in [0.5, 0.6) is 0 Å². The zero-order valence-corrected chi connectivity index (χ0v) is 17.2. The highest BCUT2D eigenvalue weighted by molar-refractivity contribution is 7.14. The Morgan fingerprint density at radius 1 is 1.31 bits per heavy atom. The molecule has 8 nitrogen and oxygen atoms in total. The van der Waals surface area contributed by atoms with Gasteiger partial charge in [-0.2, -0.15) is 0 Å². The van der Waals surface area contributed by atoms with Gasteiger partial charge >= 0.3 is 0 Å².